The van der Waals surface area contributed by atoms with E-state index in [-0.39, 0.29) is 17.9 Å². The first-order chi connectivity index (χ1) is 11.9. The molecule has 0 aliphatic heterocycles. The van der Waals surface area contributed by atoms with Gasteiger partial charge in [-0.15, -0.1) is 0 Å². The van der Waals surface area contributed by atoms with E-state index in [0.717, 1.165) is 0 Å². The Morgan fingerprint density at radius 1 is 0.880 bits per heavy atom. The molecule has 2 aromatic carbocycles. The minimum absolute atomic E-state index is 0.0248. The molecule has 6 nitrogen and oxygen atoms in total. The molecule has 2 rings (SSSR count). The SMILES string of the molecule is COc1ccc(NC(=O)c2cccc(C(=O)NC(C)C)c2)cc1OC. The molecule has 0 fully saturated rings. The first kappa shape index (κ1) is 18.3. The van der Waals surface area contributed by atoms with Crippen molar-refractivity contribution in [2.45, 2.75) is 19.9 Å². The lowest BCUT2D eigenvalue weighted by molar-refractivity contribution is 0.0943. The van der Waals surface area contributed by atoms with Crippen LogP contribution in [-0.2, 0) is 0 Å². The first-order valence-corrected chi connectivity index (χ1v) is 7.89. The van der Waals surface area contributed by atoms with E-state index in [1.807, 2.05) is 13.8 Å². The number of methoxy groups -OCH3 is 2. The highest BCUT2D eigenvalue weighted by atomic mass is 16.5. The van der Waals surface area contributed by atoms with Crippen LogP contribution in [0.25, 0.3) is 0 Å². The third kappa shape index (κ3) is 4.73. The molecule has 0 atom stereocenters. The Hall–Kier alpha value is -3.02. The van der Waals surface area contributed by atoms with E-state index in [1.165, 1.54) is 7.11 Å². The molecule has 0 spiro atoms. The minimum atomic E-state index is -0.314. The number of amides is 2. The number of rotatable bonds is 6. The van der Waals surface area contributed by atoms with E-state index in [1.54, 1.807) is 49.6 Å². The van der Waals surface area contributed by atoms with Crippen molar-refractivity contribution in [2.24, 2.45) is 0 Å². The average Bonchev–Trinajstić information content (AvgIpc) is 2.61. The van der Waals surface area contributed by atoms with Crippen LogP contribution in [0.4, 0.5) is 5.69 Å². The van der Waals surface area contributed by atoms with Crippen LogP contribution >= 0.6 is 0 Å². The van der Waals surface area contributed by atoms with Gasteiger partial charge in [0.05, 0.1) is 14.2 Å². The summed E-state index contributed by atoms with van der Waals surface area (Å²) in [5.74, 6) is 0.570. The van der Waals surface area contributed by atoms with Gasteiger partial charge in [0.1, 0.15) is 0 Å². The van der Waals surface area contributed by atoms with Crippen molar-refractivity contribution in [1.29, 1.82) is 0 Å². The van der Waals surface area contributed by atoms with Crippen LogP contribution in [0.1, 0.15) is 34.6 Å². The van der Waals surface area contributed by atoms with E-state index in [2.05, 4.69) is 10.6 Å². The lowest BCUT2D eigenvalue weighted by Gasteiger charge is -2.11. The molecule has 0 saturated heterocycles. The number of hydrogen-bond acceptors (Lipinski definition) is 4. The van der Waals surface area contributed by atoms with Crippen molar-refractivity contribution < 1.29 is 19.1 Å². The minimum Gasteiger partial charge on any atom is -0.493 e. The predicted octanol–water partition coefficient (Wildman–Crippen LogP) is 3.09. The highest BCUT2D eigenvalue weighted by Crippen LogP contribution is 2.29. The molecule has 0 aromatic heterocycles. The van der Waals surface area contributed by atoms with Crippen molar-refractivity contribution in [3.8, 4) is 11.5 Å². The van der Waals surface area contributed by atoms with Gasteiger partial charge in [0.25, 0.3) is 11.8 Å². The molecule has 0 unspecified atom stereocenters. The summed E-state index contributed by atoms with van der Waals surface area (Å²) in [6.45, 7) is 3.76. The van der Waals surface area contributed by atoms with Gasteiger partial charge in [0.15, 0.2) is 11.5 Å². The fourth-order valence-corrected chi connectivity index (χ4v) is 2.26. The lowest BCUT2D eigenvalue weighted by Crippen LogP contribution is -2.30. The second-order valence-electron chi connectivity index (χ2n) is 5.73. The zero-order valence-corrected chi connectivity index (χ0v) is 14.8. The van der Waals surface area contributed by atoms with E-state index >= 15 is 0 Å². The summed E-state index contributed by atoms with van der Waals surface area (Å²) in [4.78, 5) is 24.5. The number of ether oxygens (including phenoxy) is 2. The van der Waals surface area contributed by atoms with Gasteiger partial charge in [-0.2, -0.15) is 0 Å². The van der Waals surface area contributed by atoms with Crippen LogP contribution in [0.5, 0.6) is 11.5 Å². The maximum absolute atomic E-state index is 12.5. The molecule has 0 heterocycles. The normalized spacial score (nSPS) is 10.3. The van der Waals surface area contributed by atoms with Crippen molar-refractivity contribution in [1.82, 2.24) is 5.32 Å². The summed E-state index contributed by atoms with van der Waals surface area (Å²) < 4.78 is 10.4. The Bertz CT molecular complexity index is 772. The number of hydrogen-bond donors (Lipinski definition) is 2. The zero-order chi connectivity index (χ0) is 18.4. The van der Waals surface area contributed by atoms with Gasteiger partial charge in [-0.25, -0.2) is 0 Å². The van der Waals surface area contributed by atoms with Crippen molar-refractivity contribution in [3.05, 3.63) is 53.6 Å². The van der Waals surface area contributed by atoms with Gasteiger partial charge < -0.3 is 20.1 Å². The predicted molar refractivity (Wildman–Crippen MR) is 96.5 cm³/mol. The first-order valence-electron chi connectivity index (χ1n) is 7.89. The molecular formula is C19H22N2O4. The highest BCUT2D eigenvalue weighted by molar-refractivity contribution is 6.06. The van der Waals surface area contributed by atoms with Gasteiger partial charge in [-0.3, -0.25) is 9.59 Å². The molecule has 6 heteroatoms. The molecule has 0 aliphatic rings. The van der Waals surface area contributed by atoms with Crippen molar-refractivity contribution in [2.75, 3.05) is 19.5 Å². The van der Waals surface area contributed by atoms with Crippen LogP contribution in [0, 0.1) is 0 Å². The van der Waals surface area contributed by atoms with Gasteiger partial charge in [0.2, 0.25) is 0 Å². The number of nitrogens with one attached hydrogen (secondary N) is 2. The number of carbonyl (C=O) groups excluding carboxylic acids is 2. The van der Waals surface area contributed by atoms with Crippen LogP contribution in [-0.4, -0.2) is 32.1 Å². The van der Waals surface area contributed by atoms with Crippen molar-refractivity contribution in [3.63, 3.8) is 0 Å². The molecule has 2 N–H and O–H groups in total. The van der Waals surface area contributed by atoms with E-state index < -0.39 is 0 Å². The van der Waals surface area contributed by atoms with Gasteiger partial charge in [0, 0.05) is 28.9 Å². The van der Waals surface area contributed by atoms with E-state index in [9.17, 15) is 9.59 Å². The summed E-state index contributed by atoms with van der Waals surface area (Å²) in [5.41, 5.74) is 1.40. The fourth-order valence-electron chi connectivity index (χ4n) is 2.26. The Morgan fingerprint density at radius 2 is 1.52 bits per heavy atom. The molecule has 2 amide bonds. The topological polar surface area (TPSA) is 76.7 Å². The molecule has 132 valence electrons. The second-order valence-corrected chi connectivity index (χ2v) is 5.73. The second kappa shape index (κ2) is 8.19. The number of benzene rings is 2. The number of anilines is 1. The van der Waals surface area contributed by atoms with Gasteiger partial charge in [-0.1, -0.05) is 6.07 Å². The average molecular weight is 342 g/mol. The summed E-state index contributed by atoms with van der Waals surface area (Å²) in [6.07, 6.45) is 0. The van der Waals surface area contributed by atoms with E-state index in [4.69, 9.17) is 9.47 Å². The Kier molecular flexibility index (Phi) is 6.00. The van der Waals surface area contributed by atoms with E-state index in [0.29, 0.717) is 28.3 Å². The van der Waals surface area contributed by atoms with Crippen molar-refractivity contribution >= 4 is 17.5 Å². The molecular weight excluding hydrogens is 320 g/mol. The molecule has 0 aliphatic carbocycles. The summed E-state index contributed by atoms with van der Waals surface area (Å²) >= 11 is 0. The Morgan fingerprint density at radius 3 is 2.12 bits per heavy atom. The molecule has 2 aromatic rings. The standard InChI is InChI=1S/C19H22N2O4/c1-12(2)20-18(22)13-6-5-7-14(10-13)19(23)21-15-8-9-16(24-3)17(11-15)25-4/h5-12H,1-4H3,(H,20,22)(H,21,23). The summed E-state index contributed by atoms with van der Waals surface area (Å²) in [5, 5.41) is 5.59. The maximum atomic E-state index is 12.5. The van der Waals surface area contributed by atoms with Crippen LogP contribution in [0.3, 0.4) is 0 Å². The molecule has 25 heavy (non-hydrogen) atoms. The highest BCUT2D eigenvalue weighted by Gasteiger charge is 2.12. The van der Waals surface area contributed by atoms with Gasteiger partial charge in [-0.05, 0) is 44.2 Å². The van der Waals surface area contributed by atoms with Gasteiger partial charge >= 0.3 is 0 Å². The molecule has 0 saturated carbocycles. The summed E-state index contributed by atoms with van der Waals surface area (Å²) in [7, 11) is 3.07. The molecule has 0 bridgehead atoms. The largest absolute Gasteiger partial charge is 0.493 e. The number of carbonyl (C=O) groups is 2. The Labute approximate surface area is 147 Å². The van der Waals surface area contributed by atoms with Crippen LogP contribution in [0.2, 0.25) is 0 Å². The fraction of sp³-hybridized carbons (Fsp3) is 0.263. The maximum Gasteiger partial charge on any atom is 0.255 e. The lowest BCUT2D eigenvalue weighted by atomic mass is 10.1. The molecule has 0 radical (unpaired) electrons. The third-order valence-corrected chi connectivity index (χ3v) is 3.45. The third-order valence-electron chi connectivity index (χ3n) is 3.45. The zero-order valence-electron chi connectivity index (χ0n) is 14.8. The summed E-state index contributed by atoms with van der Waals surface area (Å²) in [6, 6.07) is 11.7. The smallest absolute Gasteiger partial charge is 0.255 e. The monoisotopic (exact) mass is 342 g/mol. The quantitative estimate of drug-likeness (QED) is 0.846. The van der Waals surface area contributed by atoms with Crippen LogP contribution in [0.15, 0.2) is 42.5 Å². The van der Waals surface area contributed by atoms with Crippen LogP contribution < -0.4 is 20.1 Å². The Balaban J connectivity index is 2.17.